The van der Waals surface area contributed by atoms with Gasteiger partial charge in [-0.2, -0.15) is 0 Å². The van der Waals surface area contributed by atoms with Crippen molar-refractivity contribution in [3.63, 3.8) is 0 Å². The number of rotatable bonds is 5. The fraction of sp³-hybridized carbons (Fsp3) is 0.480. The van der Waals surface area contributed by atoms with E-state index in [1.165, 1.54) is 23.2 Å². The van der Waals surface area contributed by atoms with E-state index in [1.54, 1.807) is 0 Å². The van der Waals surface area contributed by atoms with Crippen molar-refractivity contribution in [1.29, 1.82) is 0 Å². The summed E-state index contributed by atoms with van der Waals surface area (Å²) in [6, 6.07) is 19.2. The normalized spacial score (nSPS) is 19.9. The molecule has 1 fully saturated rings. The van der Waals surface area contributed by atoms with Crippen molar-refractivity contribution in [3.05, 3.63) is 65.7 Å². The third kappa shape index (κ3) is 5.37. The molecular formula is C25H33NO2. The predicted molar refractivity (Wildman–Crippen MR) is 116 cm³/mol. The van der Waals surface area contributed by atoms with Gasteiger partial charge in [0.05, 0.1) is 5.92 Å². The Morgan fingerprint density at radius 1 is 1.00 bits per heavy atom. The van der Waals surface area contributed by atoms with Crippen LogP contribution in [0.3, 0.4) is 0 Å². The summed E-state index contributed by atoms with van der Waals surface area (Å²) in [6.07, 6.45) is 4.29. The van der Waals surface area contributed by atoms with Crippen LogP contribution >= 0.6 is 0 Å². The van der Waals surface area contributed by atoms with Gasteiger partial charge in [-0.3, -0.25) is 4.79 Å². The number of benzene rings is 2. The first-order chi connectivity index (χ1) is 13.3. The van der Waals surface area contributed by atoms with E-state index in [9.17, 15) is 4.79 Å². The first-order valence-corrected chi connectivity index (χ1v) is 10.4. The minimum absolute atomic E-state index is 0.0224. The highest BCUT2D eigenvalue weighted by Gasteiger charge is 2.34. The third-order valence-electron chi connectivity index (χ3n) is 5.50. The molecule has 0 aliphatic heterocycles. The van der Waals surface area contributed by atoms with Crippen LogP contribution in [0, 0.1) is 5.92 Å². The number of anilines is 1. The number of carbonyl (C=O) groups is 1. The van der Waals surface area contributed by atoms with Crippen LogP contribution in [0.1, 0.15) is 63.5 Å². The maximum atomic E-state index is 12.7. The van der Waals surface area contributed by atoms with Gasteiger partial charge in [0, 0.05) is 19.3 Å². The van der Waals surface area contributed by atoms with E-state index in [4.69, 9.17) is 4.74 Å². The minimum atomic E-state index is -0.426. The van der Waals surface area contributed by atoms with Crippen molar-refractivity contribution in [1.82, 2.24) is 0 Å². The molecule has 0 saturated heterocycles. The van der Waals surface area contributed by atoms with Crippen LogP contribution in [0.15, 0.2) is 54.6 Å². The Morgan fingerprint density at radius 3 is 2.29 bits per heavy atom. The van der Waals surface area contributed by atoms with Crippen LogP contribution in [0.2, 0.25) is 0 Å². The van der Waals surface area contributed by atoms with E-state index in [2.05, 4.69) is 60.5 Å². The second kappa shape index (κ2) is 8.81. The molecule has 3 rings (SSSR count). The molecule has 28 heavy (non-hydrogen) atoms. The fourth-order valence-corrected chi connectivity index (χ4v) is 4.11. The average Bonchev–Trinajstić information content (AvgIpc) is 2.68. The molecule has 0 radical (unpaired) electrons. The van der Waals surface area contributed by atoms with Gasteiger partial charge in [-0.15, -0.1) is 0 Å². The summed E-state index contributed by atoms with van der Waals surface area (Å²) in [5, 5.41) is 0. The monoisotopic (exact) mass is 379 g/mol. The molecule has 0 bridgehead atoms. The highest BCUT2D eigenvalue weighted by molar-refractivity contribution is 5.74. The molecule has 2 aromatic carbocycles. The zero-order chi connectivity index (χ0) is 20.1. The number of ether oxygens (including phenoxy) is 1. The summed E-state index contributed by atoms with van der Waals surface area (Å²) in [5.41, 5.74) is 3.33. The van der Waals surface area contributed by atoms with Gasteiger partial charge in [-0.1, -0.05) is 55.3 Å². The number of carbonyl (C=O) groups excluding carboxylic acids is 1. The highest BCUT2D eigenvalue weighted by atomic mass is 16.6. The third-order valence-corrected chi connectivity index (χ3v) is 5.50. The first kappa shape index (κ1) is 20.4. The first-order valence-electron chi connectivity index (χ1n) is 10.4. The molecule has 0 N–H and O–H groups in total. The van der Waals surface area contributed by atoms with E-state index in [0.29, 0.717) is 0 Å². The summed E-state index contributed by atoms with van der Waals surface area (Å²) >= 11 is 0. The fourth-order valence-electron chi connectivity index (χ4n) is 4.11. The van der Waals surface area contributed by atoms with E-state index < -0.39 is 5.60 Å². The van der Waals surface area contributed by atoms with Crippen LogP contribution in [-0.2, 0) is 16.1 Å². The molecule has 0 spiro atoms. The molecule has 2 aromatic rings. The summed E-state index contributed by atoms with van der Waals surface area (Å²) in [5.74, 6) is 0.209. The van der Waals surface area contributed by atoms with Crippen molar-refractivity contribution < 1.29 is 9.53 Å². The topological polar surface area (TPSA) is 29.5 Å². The van der Waals surface area contributed by atoms with Gasteiger partial charge in [-0.25, -0.2) is 0 Å². The summed E-state index contributed by atoms with van der Waals surface area (Å²) < 4.78 is 5.71. The lowest BCUT2D eigenvalue weighted by Crippen LogP contribution is -2.33. The number of hydrogen-bond acceptors (Lipinski definition) is 3. The smallest absolute Gasteiger partial charge is 0.310 e. The molecule has 2 atom stereocenters. The Morgan fingerprint density at radius 2 is 1.64 bits per heavy atom. The minimum Gasteiger partial charge on any atom is -0.460 e. The van der Waals surface area contributed by atoms with Crippen LogP contribution in [0.5, 0.6) is 0 Å². The van der Waals surface area contributed by atoms with Crippen LogP contribution < -0.4 is 4.90 Å². The lowest BCUT2D eigenvalue weighted by atomic mass is 9.75. The molecular weight excluding hydrogens is 346 g/mol. The quantitative estimate of drug-likeness (QED) is 0.602. The number of hydrogen-bond donors (Lipinski definition) is 0. The van der Waals surface area contributed by atoms with Gasteiger partial charge in [0.25, 0.3) is 0 Å². The Balaban J connectivity index is 1.69. The summed E-state index contributed by atoms with van der Waals surface area (Å²) in [4.78, 5) is 15.0. The van der Waals surface area contributed by atoms with Gasteiger partial charge in [-0.05, 0) is 62.8 Å². The highest BCUT2D eigenvalue weighted by Crippen LogP contribution is 2.39. The van der Waals surface area contributed by atoms with Crippen molar-refractivity contribution in [2.45, 2.75) is 64.5 Å². The molecule has 150 valence electrons. The van der Waals surface area contributed by atoms with Gasteiger partial charge in [0.1, 0.15) is 5.60 Å². The van der Waals surface area contributed by atoms with Crippen molar-refractivity contribution >= 4 is 11.7 Å². The SMILES string of the molecule is CN(Cc1ccc([C@H]2CCCC[C@@H]2C(=O)OC(C)(C)C)cc1)c1ccccc1. The number of nitrogens with zero attached hydrogens (tertiary/aromatic N) is 1. The number of esters is 1. The van der Waals surface area contributed by atoms with E-state index in [0.717, 1.165) is 25.8 Å². The second-order valence-corrected chi connectivity index (χ2v) is 8.96. The Hall–Kier alpha value is -2.29. The summed E-state index contributed by atoms with van der Waals surface area (Å²) in [6.45, 7) is 6.70. The summed E-state index contributed by atoms with van der Waals surface area (Å²) in [7, 11) is 2.11. The molecule has 0 heterocycles. The second-order valence-electron chi connectivity index (χ2n) is 8.96. The zero-order valence-corrected chi connectivity index (χ0v) is 17.7. The van der Waals surface area contributed by atoms with Crippen LogP contribution in [-0.4, -0.2) is 18.6 Å². The van der Waals surface area contributed by atoms with Crippen molar-refractivity contribution in [3.8, 4) is 0 Å². The molecule has 1 aliphatic carbocycles. The lowest BCUT2D eigenvalue weighted by Gasteiger charge is -2.32. The molecule has 0 unspecified atom stereocenters. The van der Waals surface area contributed by atoms with Crippen molar-refractivity contribution in [2.24, 2.45) is 5.92 Å². The largest absolute Gasteiger partial charge is 0.460 e. The molecule has 1 saturated carbocycles. The maximum Gasteiger partial charge on any atom is 0.310 e. The molecule has 3 nitrogen and oxygen atoms in total. The van der Waals surface area contributed by atoms with Crippen LogP contribution in [0.25, 0.3) is 0 Å². The Bertz CT molecular complexity index is 761. The maximum absolute atomic E-state index is 12.7. The molecule has 3 heteroatoms. The van der Waals surface area contributed by atoms with E-state index in [1.807, 2.05) is 26.8 Å². The Kier molecular flexibility index (Phi) is 6.43. The zero-order valence-electron chi connectivity index (χ0n) is 17.7. The standard InChI is InChI=1S/C25H33NO2/c1-25(2,3)28-24(27)23-13-9-8-12-22(23)20-16-14-19(15-17-20)18-26(4)21-10-6-5-7-11-21/h5-7,10-11,14-17,22-23H,8-9,12-13,18H2,1-4H3/t22-,23+/m1/s1. The van der Waals surface area contributed by atoms with Gasteiger partial charge in [0.2, 0.25) is 0 Å². The molecule has 1 aliphatic rings. The van der Waals surface area contributed by atoms with E-state index in [-0.39, 0.29) is 17.8 Å². The Labute approximate surface area is 169 Å². The van der Waals surface area contributed by atoms with Crippen molar-refractivity contribution in [2.75, 3.05) is 11.9 Å². The number of para-hydroxylation sites is 1. The molecule has 0 aromatic heterocycles. The van der Waals surface area contributed by atoms with Gasteiger partial charge < -0.3 is 9.64 Å². The van der Waals surface area contributed by atoms with Crippen LogP contribution in [0.4, 0.5) is 5.69 Å². The lowest BCUT2D eigenvalue weighted by molar-refractivity contribution is -0.161. The van der Waals surface area contributed by atoms with Gasteiger partial charge >= 0.3 is 5.97 Å². The van der Waals surface area contributed by atoms with E-state index >= 15 is 0 Å². The average molecular weight is 380 g/mol. The van der Waals surface area contributed by atoms with Gasteiger partial charge in [0.15, 0.2) is 0 Å². The molecule has 0 amide bonds. The predicted octanol–water partition coefficient (Wildman–Crippen LogP) is 5.94.